The monoisotopic (exact) mass is 638 g/mol. The quantitative estimate of drug-likeness (QED) is 0.247. The Morgan fingerprint density at radius 1 is 1.11 bits per heavy atom. The summed E-state index contributed by atoms with van der Waals surface area (Å²) in [4.78, 5) is 66.6. The molecule has 244 valence electrons. The SMILES string of the molecule is Cc1ccnc([C@H]2C[C@@H]2C(=O)Nc2cc(N(C)Cc3cn4cc(C5CC5)cc(N5CC(=O)N(CC(C)(C)O)C5=O)c4n3)nc(C)n2)n1. The first-order chi connectivity index (χ1) is 22.3. The Morgan fingerprint density at radius 3 is 2.62 bits per heavy atom. The molecule has 4 amide bonds. The van der Waals surface area contributed by atoms with Crippen LogP contribution in [0.3, 0.4) is 0 Å². The molecule has 14 heteroatoms. The van der Waals surface area contributed by atoms with Crippen LogP contribution in [0.5, 0.6) is 0 Å². The van der Waals surface area contributed by atoms with Gasteiger partial charge in [0.15, 0.2) is 5.65 Å². The number of nitrogens with zero attached hydrogens (tertiary/aromatic N) is 9. The predicted molar refractivity (Wildman–Crippen MR) is 173 cm³/mol. The molecule has 0 radical (unpaired) electrons. The summed E-state index contributed by atoms with van der Waals surface area (Å²) in [6.07, 6.45) is 8.52. The average molecular weight is 639 g/mol. The lowest BCUT2D eigenvalue weighted by atomic mass is 10.1. The molecule has 14 nitrogen and oxygen atoms in total. The molecule has 3 aliphatic rings. The Kier molecular flexibility index (Phi) is 7.42. The maximum atomic E-state index is 13.4. The summed E-state index contributed by atoms with van der Waals surface area (Å²) in [6, 6.07) is 5.07. The second kappa shape index (κ2) is 11.4. The van der Waals surface area contributed by atoms with E-state index in [1.807, 2.05) is 47.8 Å². The molecule has 2 N–H and O–H groups in total. The van der Waals surface area contributed by atoms with Gasteiger partial charge in [-0.05, 0) is 70.6 Å². The number of aryl methyl sites for hydroxylation is 2. The highest BCUT2D eigenvalue weighted by molar-refractivity contribution is 6.13. The van der Waals surface area contributed by atoms with Crippen LogP contribution in [-0.4, -0.2) is 82.9 Å². The lowest BCUT2D eigenvalue weighted by Crippen LogP contribution is -2.43. The van der Waals surface area contributed by atoms with Gasteiger partial charge in [-0.25, -0.2) is 29.7 Å². The number of fused-ring (bicyclic) bond motifs is 1. The molecule has 3 fully saturated rings. The Labute approximate surface area is 271 Å². The van der Waals surface area contributed by atoms with Crippen molar-refractivity contribution in [2.75, 3.05) is 35.3 Å². The second-order valence-electron chi connectivity index (χ2n) is 13.6. The first-order valence-corrected chi connectivity index (χ1v) is 15.9. The molecule has 47 heavy (non-hydrogen) atoms. The summed E-state index contributed by atoms with van der Waals surface area (Å²) in [7, 11) is 1.89. The standard InChI is InChI=1S/C33H38N10O4/c1-18-8-9-34-29(35-18)23-11-24(23)31(45)39-26-12-27(37-19(2)36-26)40(5)14-22-15-41-13-21(20-6-7-20)10-25(30(41)38-22)42-16-28(44)43(32(42)46)17-33(3,4)47/h8-10,12-13,15,20,23-24,47H,6-7,11,14,16-17H2,1-5H3,(H,36,37,39,45)/t23-,24-/m0/s1. The van der Waals surface area contributed by atoms with Crippen molar-refractivity contribution in [2.24, 2.45) is 5.92 Å². The summed E-state index contributed by atoms with van der Waals surface area (Å²) in [5, 5.41) is 13.2. The molecule has 0 unspecified atom stereocenters. The van der Waals surface area contributed by atoms with Crippen molar-refractivity contribution in [3.63, 3.8) is 0 Å². The summed E-state index contributed by atoms with van der Waals surface area (Å²) in [6.45, 7) is 7.00. The van der Waals surface area contributed by atoms with E-state index in [2.05, 4.69) is 25.3 Å². The molecular formula is C33H38N10O4. The maximum Gasteiger partial charge on any atom is 0.331 e. The number of hydrogen-bond acceptors (Lipinski definition) is 10. The number of β-amino-alcohol motifs (C(OH)–C–C–N with tert-alkyl or cyclic N) is 1. The van der Waals surface area contributed by atoms with Gasteiger partial charge in [-0.2, -0.15) is 0 Å². The average Bonchev–Trinajstić information content (AvgIpc) is 3.92. The number of imidazole rings is 1. The third-order valence-corrected chi connectivity index (χ3v) is 8.68. The Bertz CT molecular complexity index is 1910. The van der Waals surface area contributed by atoms with Crippen LogP contribution in [0.2, 0.25) is 0 Å². The van der Waals surface area contributed by atoms with Crippen LogP contribution in [0, 0.1) is 19.8 Å². The molecular weight excluding hydrogens is 600 g/mol. The fourth-order valence-electron chi connectivity index (χ4n) is 6.11. The third kappa shape index (κ3) is 6.37. The first-order valence-electron chi connectivity index (χ1n) is 15.9. The highest BCUT2D eigenvalue weighted by Crippen LogP contribution is 2.46. The number of carbonyl (C=O) groups excluding carboxylic acids is 3. The van der Waals surface area contributed by atoms with Gasteiger partial charge in [-0.3, -0.25) is 19.4 Å². The van der Waals surface area contributed by atoms with Gasteiger partial charge >= 0.3 is 6.03 Å². The van der Waals surface area contributed by atoms with Crippen molar-refractivity contribution in [1.29, 1.82) is 0 Å². The molecule has 2 atom stereocenters. The van der Waals surface area contributed by atoms with Crippen molar-refractivity contribution >= 4 is 40.8 Å². The highest BCUT2D eigenvalue weighted by atomic mass is 16.3. The number of rotatable bonds is 10. The van der Waals surface area contributed by atoms with Gasteiger partial charge in [0.1, 0.15) is 29.8 Å². The van der Waals surface area contributed by atoms with Crippen molar-refractivity contribution in [1.82, 2.24) is 34.2 Å². The number of imide groups is 1. The van der Waals surface area contributed by atoms with Crippen molar-refractivity contribution in [2.45, 2.75) is 70.9 Å². The lowest BCUT2D eigenvalue weighted by molar-refractivity contribution is -0.127. The summed E-state index contributed by atoms with van der Waals surface area (Å²) in [5.41, 5.74) is 2.61. The second-order valence-corrected chi connectivity index (χ2v) is 13.6. The number of carbonyl (C=O) groups is 3. The van der Waals surface area contributed by atoms with Crippen molar-refractivity contribution in [3.8, 4) is 0 Å². The highest BCUT2D eigenvalue weighted by Gasteiger charge is 2.46. The van der Waals surface area contributed by atoms with Crippen LogP contribution in [-0.2, 0) is 16.1 Å². The zero-order valence-electron chi connectivity index (χ0n) is 27.1. The predicted octanol–water partition coefficient (Wildman–Crippen LogP) is 3.33. The van der Waals surface area contributed by atoms with Gasteiger partial charge in [0.2, 0.25) is 5.91 Å². The number of pyridine rings is 1. The molecule has 4 aromatic heterocycles. The van der Waals surface area contributed by atoms with Crippen LogP contribution < -0.4 is 15.1 Å². The van der Waals surface area contributed by atoms with Gasteiger partial charge < -0.3 is 19.7 Å². The maximum absolute atomic E-state index is 13.4. The minimum absolute atomic E-state index is 0.00100. The molecule has 0 spiro atoms. The minimum Gasteiger partial charge on any atom is -0.389 e. The largest absolute Gasteiger partial charge is 0.389 e. The summed E-state index contributed by atoms with van der Waals surface area (Å²) in [5.74, 6) is 1.94. The smallest absolute Gasteiger partial charge is 0.331 e. The van der Waals surface area contributed by atoms with E-state index < -0.39 is 11.6 Å². The molecule has 7 rings (SSSR count). The van der Waals surface area contributed by atoms with Gasteiger partial charge in [0.05, 0.1) is 30.1 Å². The summed E-state index contributed by atoms with van der Waals surface area (Å²) < 4.78 is 1.92. The zero-order chi connectivity index (χ0) is 33.2. The number of hydrogen-bond donors (Lipinski definition) is 2. The number of urea groups is 1. The number of anilines is 3. The molecule has 0 bridgehead atoms. The van der Waals surface area contributed by atoms with E-state index >= 15 is 0 Å². The number of nitrogens with one attached hydrogen (secondary N) is 1. The molecule has 5 heterocycles. The van der Waals surface area contributed by atoms with Gasteiger partial charge in [0, 0.05) is 49.2 Å². The lowest BCUT2D eigenvalue weighted by Gasteiger charge is -2.24. The van der Waals surface area contributed by atoms with Crippen LogP contribution in [0.4, 0.5) is 22.1 Å². The van der Waals surface area contributed by atoms with E-state index in [9.17, 15) is 19.5 Å². The van der Waals surface area contributed by atoms with Crippen LogP contribution >= 0.6 is 0 Å². The molecule has 2 saturated carbocycles. The van der Waals surface area contributed by atoms with Crippen LogP contribution in [0.1, 0.15) is 73.5 Å². The van der Waals surface area contributed by atoms with Gasteiger partial charge in [0.25, 0.3) is 5.91 Å². The van der Waals surface area contributed by atoms with E-state index in [0.717, 1.165) is 34.7 Å². The fraction of sp³-hybridized carbons (Fsp3) is 0.455. The van der Waals surface area contributed by atoms with Crippen LogP contribution in [0.15, 0.2) is 36.8 Å². The van der Waals surface area contributed by atoms with Crippen LogP contribution in [0.25, 0.3) is 5.65 Å². The summed E-state index contributed by atoms with van der Waals surface area (Å²) >= 11 is 0. The number of aromatic nitrogens is 6. The van der Waals surface area contributed by atoms with E-state index in [4.69, 9.17) is 4.98 Å². The molecule has 1 aliphatic heterocycles. The van der Waals surface area contributed by atoms with Crippen molar-refractivity contribution in [3.05, 3.63) is 65.4 Å². The zero-order valence-corrected chi connectivity index (χ0v) is 27.1. The normalized spacial score (nSPS) is 19.5. The Hall–Kier alpha value is -4.98. The molecule has 1 saturated heterocycles. The van der Waals surface area contributed by atoms with Gasteiger partial charge in [-0.15, -0.1) is 0 Å². The first kappa shape index (κ1) is 30.7. The number of amides is 4. The molecule has 4 aromatic rings. The van der Waals surface area contributed by atoms with Gasteiger partial charge in [-0.1, -0.05) is 0 Å². The van der Waals surface area contributed by atoms with E-state index in [1.54, 1.807) is 33.0 Å². The Morgan fingerprint density at radius 2 is 1.89 bits per heavy atom. The minimum atomic E-state index is -1.21. The number of aliphatic hydroxyl groups is 1. The van der Waals surface area contributed by atoms with Crippen molar-refractivity contribution < 1.29 is 19.5 Å². The van der Waals surface area contributed by atoms with E-state index in [1.165, 1.54) is 4.90 Å². The molecule has 2 aliphatic carbocycles. The third-order valence-electron chi connectivity index (χ3n) is 8.68. The molecule has 0 aromatic carbocycles. The van der Waals surface area contributed by atoms with E-state index in [0.29, 0.717) is 53.5 Å². The van der Waals surface area contributed by atoms with E-state index in [-0.39, 0.29) is 36.7 Å². The fourth-order valence-corrected chi connectivity index (χ4v) is 6.11. The Balaban J connectivity index is 1.10. The topological polar surface area (TPSA) is 162 Å².